The highest BCUT2D eigenvalue weighted by Gasteiger charge is 2.20. The molecule has 1 aromatic rings. The molecule has 1 aromatic carbocycles. The maximum atomic E-state index is 8.74. The Kier molecular flexibility index (Phi) is 5.40. The second-order valence-corrected chi connectivity index (χ2v) is 5.52. The second-order valence-electron chi connectivity index (χ2n) is 5.52. The van der Waals surface area contributed by atoms with Crippen molar-refractivity contribution in [2.24, 2.45) is 0 Å². The van der Waals surface area contributed by atoms with Gasteiger partial charge in [-0.2, -0.15) is 5.26 Å². The first-order valence-electron chi connectivity index (χ1n) is 7.21. The van der Waals surface area contributed by atoms with Gasteiger partial charge >= 0.3 is 0 Å². The average Bonchev–Trinajstić information content (AvgIpc) is 2.48. The van der Waals surface area contributed by atoms with Gasteiger partial charge in [0.2, 0.25) is 0 Å². The molecule has 4 nitrogen and oxygen atoms in total. The second kappa shape index (κ2) is 7.28. The highest BCUT2D eigenvalue weighted by molar-refractivity contribution is 5.34. The number of hydrogen-bond donors (Lipinski definition) is 0. The summed E-state index contributed by atoms with van der Waals surface area (Å²) in [5.41, 5.74) is 0.666. The molecule has 108 valence electrons. The molecule has 1 unspecified atom stereocenters. The lowest BCUT2D eigenvalue weighted by atomic mass is 10.1. The van der Waals surface area contributed by atoms with Gasteiger partial charge in [0.1, 0.15) is 12.4 Å². The molecule has 20 heavy (non-hydrogen) atoms. The summed E-state index contributed by atoms with van der Waals surface area (Å²) in [6, 6.07) is 10.0. The summed E-state index contributed by atoms with van der Waals surface area (Å²) in [7, 11) is 4.36. The number of ether oxygens (including phenoxy) is 1. The van der Waals surface area contributed by atoms with E-state index in [4.69, 9.17) is 10.00 Å². The van der Waals surface area contributed by atoms with Crippen LogP contribution in [0.25, 0.3) is 0 Å². The highest BCUT2D eigenvalue weighted by atomic mass is 16.5. The van der Waals surface area contributed by atoms with Crippen LogP contribution in [0.2, 0.25) is 0 Å². The Balaban J connectivity index is 1.73. The number of rotatable bonds is 5. The summed E-state index contributed by atoms with van der Waals surface area (Å²) in [4.78, 5) is 4.78. The summed E-state index contributed by atoms with van der Waals surface area (Å²) in [6.45, 7) is 3.97. The van der Waals surface area contributed by atoms with Gasteiger partial charge in [-0.3, -0.25) is 4.90 Å². The summed E-state index contributed by atoms with van der Waals surface area (Å²) >= 11 is 0. The van der Waals surface area contributed by atoms with Crippen LogP contribution in [0.1, 0.15) is 18.4 Å². The van der Waals surface area contributed by atoms with Crippen LogP contribution in [0.4, 0.5) is 0 Å². The van der Waals surface area contributed by atoms with E-state index in [0.29, 0.717) is 18.2 Å². The molecule has 1 saturated heterocycles. The van der Waals surface area contributed by atoms with Gasteiger partial charge in [0.05, 0.1) is 11.6 Å². The highest BCUT2D eigenvalue weighted by Crippen LogP contribution is 2.14. The zero-order chi connectivity index (χ0) is 14.4. The lowest BCUT2D eigenvalue weighted by Crippen LogP contribution is -2.46. The zero-order valence-corrected chi connectivity index (χ0v) is 12.4. The minimum absolute atomic E-state index is 0.637. The summed E-state index contributed by atoms with van der Waals surface area (Å²) in [5, 5.41) is 8.74. The molecule has 0 radical (unpaired) electrons. The number of piperidine rings is 1. The van der Waals surface area contributed by atoms with Crippen LogP contribution in [0.15, 0.2) is 24.3 Å². The van der Waals surface area contributed by atoms with Crippen molar-refractivity contribution >= 4 is 0 Å². The summed E-state index contributed by atoms with van der Waals surface area (Å²) < 4.78 is 5.73. The van der Waals surface area contributed by atoms with Gasteiger partial charge in [0, 0.05) is 19.1 Å². The SMILES string of the molecule is CN1CCCC(N(C)CCOc2ccc(C#N)cc2)C1. The molecule has 4 heteroatoms. The smallest absolute Gasteiger partial charge is 0.119 e. The van der Waals surface area contributed by atoms with Gasteiger partial charge in [-0.05, 0) is 57.7 Å². The Morgan fingerprint density at radius 2 is 2.15 bits per heavy atom. The van der Waals surface area contributed by atoms with Crippen molar-refractivity contribution < 1.29 is 4.74 Å². The van der Waals surface area contributed by atoms with E-state index < -0.39 is 0 Å². The Labute approximate surface area is 121 Å². The quantitative estimate of drug-likeness (QED) is 0.822. The van der Waals surface area contributed by atoms with Crippen LogP contribution in [0.5, 0.6) is 5.75 Å². The van der Waals surface area contributed by atoms with Gasteiger partial charge < -0.3 is 9.64 Å². The molecular weight excluding hydrogens is 250 g/mol. The largest absolute Gasteiger partial charge is 0.492 e. The van der Waals surface area contributed by atoms with E-state index in [1.165, 1.54) is 19.4 Å². The molecule has 0 aliphatic carbocycles. The minimum Gasteiger partial charge on any atom is -0.492 e. The van der Waals surface area contributed by atoms with Crippen molar-refractivity contribution in [3.63, 3.8) is 0 Å². The van der Waals surface area contributed by atoms with Crippen LogP contribution in [-0.4, -0.2) is 56.2 Å². The fourth-order valence-corrected chi connectivity index (χ4v) is 2.61. The predicted molar refractivity (Wildman–Crippen MR) is 79.8 cm³/mol. The Morgan fingerprint density at radius 3 is 2.80 bits per heavy atom. The first-order chi connectivity index (χ1) is 9.69. The number of likely N-dealkylation sites (tertiary alicyclic amines) is 1. The maximum absolute atomic E-state index is 8.74. The Morgan fingerprint density at radius 1 is 1.40 bits per heavy atom. The number of nitrogens with zero attached hydrogens (tertiary/aromatic N) is 3. The third-order valence-electron chi connectivity index (χ3n) is 3.92. The summed E-state index contributed by atoms with van der Waals surface area (Å²) in [6.07, 6.45) is 2.56. The van der Waals surface area contributed by atoms with Gasteiger partial charge in [0.15, 0.2) is 0 Å². The number of likely N-dealkylation sites (N-methyl/N-ethyl adjacent to an activating group) is 2. The molecule has 0 bridgehead atoms. The van der Waals surface area contributed by atoms with E-state index >= 15 is 0 Å². The van der Waals surface area contributed by atoms with Gasteiger partial charge in [-0.15, -0.1) is 0 Å². The molecule has 0 saturated carbocycles. The molecule has 1 fully saturated rings. The molecule has 1 heterocycles. The van der Waals surface area contributed by atoms with Gasteiger partial charge in [0.25, 0.3) is 0 Å². The molecule has 2 rings (SSSR count). The lowest BCUT2D eigenvalue weighted by Gasteiger charge is -2.35. The Hall–Kier alpha value is -1.57. The van der Waals surface area contributed by atoms with E-state index in [0.717, 1.165) is 18.8 Å². The molecule has 0 aromatic heterocycles. The van der Waals surface area contributed by atoms with E-state index in [-0.39, 0.29) is 0 Å². The zero-order valence-electron chi connectivity index (χ0n) is 12.4. The van der Waals surface area contributed by atoms with Crippen LogP contribution in [0.3, 0.4) is 0 Å². The van der Waals surface area contributed by atoms with E-state index in [1.807, 2.05) is 12.1 Å². The third kappa shape index (κ3) is 4.22. The first kappa shape index (κ1) is 14.8. The molecule has 1 aliphatic heterocycles. The fraction of sp³-hybridized carbons (Fsp3) is 0.562. The lowest BCUT2D eigenvalue weighted by molar-refractivity contribution is 0.119. The maximum Gasteiger partial charge on any atom is 0.119 e. The standard InChI is InChI=1S/C16H23N3O/c1-18-9-3-4-15(13-18)19(2)10-11-20-16-7-5-14(12-17)6-8-16/h5-8,15H,3-4,9-11,13H2,1-2H3. The van der Waals surface area contributed by atoms with Crippen molar-refractivity contribution in [1.29, 1.82) is 5.26 Å². The minimum atomic E-state index is 0.637. The molecule has 1 aliphatic rings. The van der Waals surface area contributed by atoms with Crippen LogP contribution in [0, 0.1) is 11.3 Å². The molecule has 0 amide bonds. The van der Waals surface area contributed by atoms with Gasteiger partial charge in [-0.1, -0.05) is 0 Å². The van der Waals surface area contributed by atoms with E-state index in [1.54, 1.807) is 12.1 Å². The number of nitriles is 1. The molecule has 0 N–H and O–H groups in total. The molecular formula is C16H23N3O. The molecule has 0 spiro atoms. The number of benzene rings is 1. The van der Waals surface area contributed by atoms with Crippen molar-refractivity contribution in [3.05, 3.63) is 29.8 Å². The van der Waals surface area contributed by atoms with Gasteiger partial charge in [-0.25, -0.2) is 0 Å². The first-order valence-corrected chi connectivity index (χ1v) is 7.21. The normalized spacial score (nSPS) is 19.8. The van der Waals surface area contributed by atoms with Crippen molar-refractivity contribution in [3.8, 4) is 11.8 Å². The molecule has 1 atom stereocenters. The number of hydrogen-bond acceptors (Lipinski definition) is 4. The van der Waals surface area contributed by atoms with Crippen molar-refractivity contribution in [1.82, 2.24) is 9.80 Å². The van der Waals surface area contributed by atoms with E-state index in [9.17, 15) is 0 Å². The fourth-order valence-electron chi connectivity index (χ4n) is 2.61. The predicted octanol–water partition coefficient (Wildman–Crippen LogP) is 1.96. The Bertz CT molecular complexity index is 452. The van der Waals surface area contributed by atoms with Crippen LogP contribution in [-0.2, 0) is 0 Å². The van der Waals surface area contributed by atoms with Crippen molar-refractivity contribution in [2.45, 2.75) is 18.9 Å². The topological polar surface area (TPSA) is 39.5 Å². The van der Waals surface area contributed by atoms with E-state index in [2.05, 4.69) is 30.0 Å². The average molecular weight is 273 g/mol. The monoisotopic (exact) mass is 273 g/mol. The summed E-state index contributed by atoms with van der Waals surface area (Å²) in [5.74, 6) is 0.832. The van der Waals surface area contributed by atoms with Crippen LogP contribution >= 0.6 is 0 Å². The van der Waals surface area contributed by atoms with Crippen LogP contribution < -0.4 is 4.74 Å². The van der Waals surface area contributed by atoms with Crippen molar-refractivity contribution in [2.75, 3.05) is 40.3 Å². The third-order valence-corrected chi connectivity index (χ3v) is 3.92.